The monoisotopic (exact) mass is 291 g/mol. The molecule has 2 nitrogen and oxygen atoms in total. The van der Waals surface area contributed by atoms with Crippen molar-refractivity contribution in [3.8, 4) is 0 Å². The largest absolute Gasteiger partial charge is 0.391 e. The second-order valence-electron chi connectivity index (χ2n) is 6.93. The lowest BCUT2D eigenvalue weighted by Crippen LogP contribution is -2.32. The van der Waals surface area contributed by atoms with Gasteiger partial charge in [-0.15, -0.1) is 0 Å². The molecular formula is C17H22ClNO. The van der Waals surface area contributed by atoms with E-state index in [1.54, 1.807) is 0 Å². The molecule has 2 aliphatic carbocycles. The molecule has 0 aliphatic heterocycles. The topological polar surface area (TPSA) is 21.6 Å². The van der Waals surface area contributed by atoms with Gasteiger partial charge in [0.2, 0.25) is 0 Å². The first kappa shape index (κ1) is 13.9. The first-order chi connectivity index (χ1) is 9.43. The van der Waals surface area contributed by atoms with Gasteiger partial charge < -0.3 is 4.84 Å². The molecule has 1 unspecified atom stereocenters. The van der Waals surface area contributed by atoms with Gasteiger partial charge in [0.25, 0.3) is 0 Å². The van der Waals surface area contributed by atoms with E-state index in [9.17, 15) is 0 Å². The summed E-state index contributed by atoms with van der Waals surface area (Å²) >= 11 is 5.97. The maximum atomic E-state index is 5.97. The minimum absolute atomic E-state index is 0.214. The van der Waals surface area contributed by atoms with Crippen molar-refractivity contribution in [2.45, 2.75) is 46.6 Å². The van der Waals surface area contributed by atoms with Crippen molar-refractivity contribution in [3.63, 3.8) is 0 Å². The van der Waals surface area contributed by atoms with Gasteiger partial charge in [0.1, 0.15) is 6.61 Å². The zero-order valence-electron chi connectivity index (χ0n) is 12.4. The number of rotatable bonds is 3. The van der Waals surface area contributed by atoms with Crippen molar-refractivity contribution in [2.75, 3.05) is 0 Å². The van der Waals surface area contributed by atoms with Gasteiger partial charge in [-0.1, -0.05) is 49.7 Å². The number of oxime groups is 1. The minimum Gasteiger partial charge on any atom is -0.391 e. The molecule has 3 heteroatoms. The molecule has 2 atom stereocenters. The van der Waals surface area contributed by atoms with Crippen LogP contribution in [0.25, 0.3) is 0 Å². The van der Waals surface area contributed by atoms with Crippen LogP contribution in [0.4, 0.5) is 0 Å². The van der Waals surface area contributed by atoms with Crippen LogP contribution in [0.2, 0.25) is 5.02 Å². The Morgan fingerprint density at radius 3 is 2.75 bits per heavy atom. The molecule has 20 heavy (non-hydrogen) atoms. The number of benzene rings is 1. The van der Waals surface area contributed by atoms with Crippen molar-refractivity contribution < 1.29 is 4.84 Å². The van der Waals surface area contributed by atoms with E-state index in [1.165, 1.54) is 18.6 Å². The van der Waals surface area contributed by atoms with E-state index in [-0.39, 0.29) is 5.41 Å². The second-order valence-corrected chi connectivity index (χ2v) is 7.37. The first-order valence-corrected chi connectivity index (χ1v) is 7.75. The smallest absolute Gasteiger partial charge is 0.142 e. The summed E-state index contributed by atoms with van der Waals surface area (Å²) < 4.78 is 0. The van der Waals surface area contributed by atoms with E-state index < -0.39 is 0 Å². The number of nitrogens with zero attached hydrogens (tertiary/aromatic N) is 1. The number of hydrogen-bond donors (Lipinski definition) is 0. The van der Waals surface area contributed by atoms with Gasteiger partial charge >= 0.3 is 0 Å². The van der Waals surface area contributed by atoms with Crippen molar-refractivity contribution in [1.29, 1.82) is 0 Å². The van der Waals surface area contributed by atoms with Gasteiger partial charge in [-0.3, -0.25) is 0 Å². The van der Waals surface area contributed by atoms with Gasteiger partial charge in [-0.2, -0.15) is 0 Å². The Morgan fingerprint density at radius 2 is 2.15 bits per heavy atom. The summed E-state index contributed by atoms with van der Waals surface area (Å²) in [5.41, 5.74) is 2.88. The molecule has 0 heterocycles. The summed E-state index contributed by atoms with van der Waals surface area (Å²) in [5.74, 6) is 0.765. The van der Waals surface area contributed by atoms with Crippen molar-refractivity contribution in [1.82, 2.24) is 0 Å². The molecule has 0 spiro atoms. The Kier molecular flexibility index (Phi) is 3.32. The lowest BCUT2D eigenvalue weighted by molar-refractivity contribution is 0.123. The van der Waals surface area contributed by atoms with Crippen LogP contribution in [-0.4, -0.2) is 5.71 Å². The summed E-state index contributed by atoms with van der Waals surface area (Å²) in [6, 6.07) is 7.75. The van der Waals surface area contributed by atoms with Gasteiger partial charge in [0, 0.05) is 10.4 Å². The zero-order chi connectivity index (χ0) is 14.4. The van der Waals surface area contributed by atoms with Crippen LogP contribution < -0.4 is 0 Å². The molecule has 1 aromatic rings. The summed E-state index contributed by atoms with van der Waals surface area (Å²) in [5, 5.41) is 5.21. The molecule has 2 bridgehead atoms. The highest BCUT2D eigenvalue weighted by Gasteiger charge is 2.60. The average Bonchev–Trinajstić information content (AvgIpc) is 2.72. The van der Waals surface area contributed by atoms with E-state index in [2.05, 4.69) is 25.9 Å². The molecule has 108 valence electrons. The third-order valence-corrected chi connectivity index (χ3v) is 6.04. The standard InChI is InChI=1S/C17H22ClNO/c1-16(2)13-7-8-17(16,3)15(10-13)19-20-11-12-5-4-6-14(18)9-12/h4-6,9,13H,7-8,10-11H2,1-3H3/b19-15-/t13?,17-/m0/s1. The quantitative estimate of drug-likeness (QED) is 0.713. The van der Waals surface area contributed by atoms with Crippen LogP contribution >= 0.6 is 11.6 Å². The first-order valence-electron chi connectivity index (χ1n) is 7.37. The summed E-state index contributed by atoms with van der Waals surface area (Å²) in [6.45, 7) is 7.60. The fourth-order valence-corrected chi connectivity index (χ4v) is 4.09. The van der Waals surface area contributed by atoms with Crippen molar-refractivity contribution in [2.24, 2.45) is 21.9 Å². The zero-order valence-corrected chi connectivity index (χ0v) is 13.2. The van der Waals surface area contributed by atoms with Crippen molar-refractivity contribution in [3.05, 3.63) is 34.9 Å². The lowest BCUT2D eigenvalue weighted by Gasteiger charge is -2.34. The number of fused-ring (bicyclic) bond motifs is 2. The molecular weight excluding hydrogens is 270 g/mol. The van der Waals surface area contributed by atoms with E-state index in [0.29, 0.717) is 12.0 Å². The fourth-order valence-electron chi connectivity index (χ4n) is 3.88. The average molecular weight is 292 g/mol. The van der Waals surface area contributed by atoms with E-state index in [4.69, 9.17) is 16.4 Å². The fraction of sp³-hybridized carbons (Fsp3) is 0.588. The SMILES string of the molecule is CC1(C)C2CC[C@@]1(C)/C(=N\OCc1cccc(Cl)c1)C2. The lowest BCUT2D eigenvalue weighted by atomic mass is 9.70. The molecule has 2 saturated carbocycles. The molecule has 1 aromatic carbocycles. The Bertz CT molecular complexity index is 552. The van der Waals surface area contributed by atoms with E-state index >= 15 is 0 Å². The third-order valence-electron chi connectivity index (χ3n) is 5.81. The number of halogens is 1. The molecule has 0 N–H and O–H groups in total. The summed E-state index contributed by atoms with van der Waals surface area (Å²) in [7, 11) is 0. The Balaban J connectivity index is 1.69. The molecule has 0 radical (unpaired) electrons. The highest BCUT2D eigenvalue weighted by molar-refractivity contribution is 6.30. The highest BCUT2D eigenvalue weighted by atomic mass is 35.5. The van der Waals surface area contributed by atoms with Gasteiger partial charge in [0.15, 0.2) is 0 Å². The summed E-state index contributed by atoms with van der Waals surface area (Å²) in [4.78, 5) is 5.60. The Labute approximate surface area is 126 Å². The minimum atomic E-state index is 0.214. The molecule has 2 aliphatic rings. The molecule has 3 rings (SSSR count). The molecule has 0 saturated heterocycles. The summed E-state index contributed by atoms with van der Waals surface area (Å²) in [6.07, 6.45) is 3.67. The van der Waals surface area contributed by atoms with E-state index in [1.807, 2.05) is 24.3 Å². The molecule has 2 fully saturated rings. The highest BCUT2D eigenvalue weighted by Crippen LogP contribution is 2.63. The van der Waals surface area contributed by atoms with Gasteiger partial charge in [-0.25, -0.2) is 0 Å². The predicted molar refractivity (Wildman–Crippen MR) is 82.9 cm³/mol. The van der Waals surface area contributed by atoms with Crippen LogP contribution in [-0.2, 0) is 11.4 Å². The van der Waals surface area contributed by atoms with Gasteiger partial charge in [0.05, 0.1) is 5.71 Å². The molecule has 0 aromatic heterocycles. The van der Waals surface area contributed by atoms with Crippen LogP contribution in [0.1, 0.15) is 45.6 Å². The van der Waals surface area contributed by atoms with E-state index in [0.717, 1.165) is 22.9 Å². The van der Waals surface area contributed by atoms with Crippen LogP contribution in [0.15, 0.2) is 29.4 Å². The van der Waals surface area contributed by atoms with Crippen molar-refractivity contribution >= 4 is 17.3 Å². The Hall–Kier alpha value is -1.02. The van der Waals surface area contributed by atoms with Crippen LogP contribution in [0.3, 0.4) is 0 Å². The normalized spacial score (nSPS) is 32.8. The van der Waals surface area contributed by atoms with Crippen LogP contribution in [0, 0.1) is 16.7 Å². The Morgan fingerprint density at radius 1 is 1.35 bits per heavy atom. The third kappa shape index (κ3) is 2.05. The maximum absolute atomic E-state index is 5.97. The second kappa shape index (κ2) is 4.77. The molecule has 0 amide bonds. The van der Waals surface area contributed by atoms with Gasteiger partial charge in [-0.05, 0) is 48.3 Å². The predicted octanol–water partition coefficient (Wildman–Crippen LogP) is 5.06. The van der Waals surface area contributed by atoms with Crippen LogP contribution in [0.5, 0.6) is 0 Å². The maximum Gasteiger partial charge on any atom is 0.142 e. The number of hydrogen-bond acceptors (Lipinski definition) is 2.